The minimum absolute atomic E-state index is 0.867. The molecule has 0 saturated carbocycles. The van der Waals surface area contributed by atoms with Crippen molar-refractivity contribution in [1.82, 2.24) is 14.9 Å². The van der Waals surface area contributed by atoms with Crippen LogP contribution in [0.3, 0.4) is 0 Å². The van der Waals surface area contributed by atoms with Crippen molar-refractivity contribution in [1.29, 1.82) is 0 Å². The van der Waals surface area contributed by atoms with Gasteiger partial charge in [0.05, 0.1) is 13.1 Å². The zero-order valence-electron chi connectivity index (χ0n) is 15.8. The molecule has 0 aromatic carbocycles. The summed E-state index contributed by atoms with van der Waals surface area (Å²) < 4.78 is 0.869. The van der Waals surface area contributed by atoms with Gasteiger partial charge in [0.2, 0.25) is 0 Å². The van der Waals surface area contributed by atoms with Gasteiger partial charge in [0.1, 0.15) is 20.7 Å². The lowest BCUT2D eigenvalue weighted by molar-refractivity contribution is -0.920. The second kappa shape index (κ2) is 7.70. The zero-order valence-corrected chi connectivity index (χ0v) is 18.3. The Kier molecular flexibility index (Phi) is 5.51. The summed E-state index contributed by atoms with van der Waals surface area (Å²) in [5, 5.41) is 2.36. The minimum atomic E-state index is 0.867. The lowest BCUT2D eigenvalue weighted by Crippen LogP contribution is -3.11. The predicted molar refractivity (Wildman–Crippen MR) is 114 cm³/mol. The Bertz CT molecular complexity index is 822. The number of hydrogen-bond donors (Lipinski definition) is 1. The van der Waals surface area contributed by atoms with E-state index in [1.54, 1.807) is 16.7 Å². The number of thiophene rings is 1. The maximum absolute atomic E-state index is 5.57. The van der Waals surface area contributed by atoms with Crippen molar-refractivity contribution in [3.05, 3.63) is 16.3 Å². The normalized spacial score (nSPS) is 22.6. The number of fused-ring (bicyclic) bond motifs is 3. The Morgan fingerprint density at radius 3 is 2.77 bits per heavy atom. The Morgan fingerprint density at radius 1 is 1.27 bits per heavy atom. The number of rotatable bonds is 3. The number of hydrogen-bond acceptors (Lipinski definition) is 5. The molecule has 0 bridgehead atoms. The highest BCUT2D eigenvalue weighted by atomic mass is 32.2. The average Bonchev–Trinajstić information content (AvgIpc) is 3.17. The van der Waals surface area contributed by atoms with Crippen LogP contribution in [0.2, 0.25) is 0 Å². The quantitative estimate of drug-likeness (QED) is 0.481. The van der Waals surface area contributed by atoms with Gasteiger partial charge in [-0.25, -0.2) is 9.97 Å². The van der Waals surface area contributed by atoms with Gasteiger partial charge in [0, 0.05) is 24.4 Å². The number of thiocarbonyl (C=S) groups is 1. The van der Waals surface area contributed by atoms with Crippen LogP contribution in [0.25, 0.3) is 10.2 Å². The summed E-state index contributed by atoms with van der Waals surface area (Å²) in [5.74, 6) is 1.86. The third-order valence-corrected chi connectivity index (χ3v) is 8.35. The van der Waals surface area contributed by atoms with Crippen LogP contribution >= 0.6 is 35.3 Å². The molecule has 0 atom stereocenters. The number of nitrogens with zero attached hydrogens (tertiary/aromatic N) is 3. The van der Waals surface area contributed by atoms with Crippen LogP contribution in [-0.2, 0) is 19.4 Å². The fourth-order valence-corrected chi connectivity index (χ4v) is 6.30. The largest absolute Gasteiger partial charge is 0.363 e. The van der Waals surface area contributed by atoms with E-state index in [0.717, 1.165) is 34.1 Å². The summed E-state index contributed by atoms with van der Waals surface area (Å²) in [6, 6.07) is 0. The first-order valence-corrected chi connectivity index (χ1v) is 11.6. The monoisotopic (exact) mass is 407 g/mol. The highest BCUT2D eigenvalue weighted by molar-refractivity contribution is 8.23. The van der Waals surface area contributed by atoms with E-state index in [-0.39, 0.29) is 0 Å². The van der Waals surface area contributed by atoms with Crippen molar-refractivity contribution >= 4 is 49.9 Å². The molecule has 1 saturated heterocycles. The van der Waals surface area contributed by atoms with E-state index in [1.807, 2.05) is 30.3 Å². The molecule has 7 heteroatoms. The number of nitrogens with one attached hydrogen (secondary N) is 1. The molecular formula is C19H27N4S3+. The first-order chi connectivity index (χ1) is 12.5. The summed E-state index contributed by atoms with van der Waals surface area (Å²) in [4.78, 5) is 16.3. The molecule has 2 aromatic heterocycles. The number of aromatic nitrogens is 2. The molecular weight excluding hydrogens is 380 g/mol. The molecule has 1 N–H and O–H groups in total. The predicted octanol–water partition coefficient (Wildman–Crippen LogP) is 2.93. The molecule has 4 nitrogen and oxygen atoms in total. The van der Waals surface area contributed by atoms with Gasteiger partial charge < -0.3 is 9.80 Å². The van der Waals surface area contributed by atoms with Gasteiger partial charge in [0.25, 0.3) is 0 Å². The van der Waals surface area contributed by atoms with Crippen LogP contribution < -0.4 is 4.90 Å². The molecule has 1 aliphatic carbocycles. The van der Waals surface area contributed by atoms with E-state index in [0.29, 0.717) is 0 Å². The summed E-state index contributed by atoms with van der Waals surface area (Å²) in [6.07, 6.45) is 6.25. The van der Waals surface area contributed by atoms with Crippen LogP contribution in [0.4, 0.5) is 0 Å². The number of likely N-dealkylation sites (tertiary alicyclic amines) is 1. The van der Waals surface area contributed by atoms with Gasteiger partial charge in [-0.2, -0.15) is 0 Å². The smallest absolute Gasteiger partial charge is 0.186 e. The van der Waals surface area contributed by atoms with Crippen molar-refractivity contribution < 1.29 is 4.90 Å². The van der Waals surface area contributed by atoms with Crippen LogP contribution in [0.15, 0.2) is 5.03 Å². The van der Waals surface area contributed by atoms with E-state index in [4.69, 9.17) is 22.2 Å². The number of thioether (sulfide) groups is 1. The van der Waals surface area contributed by atoms with Gasteiger partial charge in [0.15, 0.2) is 5.82 Å². The van der Waals surface area contributed by atoms with Crippen LogP contribution in [0.5, 0.6) is 0 Å². The molecule has 2 aliphatic rings. The molecule has 26 heavy (non-hydrogen) atoms. The maximum atomic E-state index is 5.57. The molecule has 0 spiro atoms. The van der Waals surface area contributed by atoms with Crippen molar-refractivity contribution in [2.45, 2.75) is 50.6 Å². The first-order valence-electron chi connectivity index (χ1n) is 9.55. The van der Waals surface area contributed by atoms with Crippen LogP contribution in [0.1, 0.15) is 42.5 Å². The molecule has 3 heterocycles. The third-order valence-electron chi connectivity index (χ3n) is 5.52. The Morgan fingerprint density at radius 2 is 2.04 bits per heavy atom. The molecule has 0 amide bonds. The van der Waals surface area contributed by atoms with E-state index in [1.165, 1.54) is 59.4 Å². The average molecular weight is 408 g/mol. The number of aryl methyl sites for hydroxylation is 2. The van der Waals surface area contributed by atoms with Crippen molar-refractivity contribution in [2.24, 2.45) is 5.92 Å². The van der Waals surface area contributed by atoms with Crippen LogP contribution in [0, 0.1) is 5.92 Å². The zero-order chi connectivity index (χ0) is 18.3. The van der Waals surface area contributed by atoms with E-state index >= 15 is 0 Å². The Balaban J connectivity index is 1.67. The molecule has 4 rings (SSSR count). The van der Waals surface area contributed by atoms with Crippen molar-refractivity contribution in [3.63, 3.8) is 0 Å². The van der Waals surface area contributed by atoms with Crippen molar-refractivity contribution in [3.8, 4) is 0 Å². The lowest BCUT2D eigenvalue weighted by Gasteiger charge is -2.26. The SMILES string of the molecule is CC1CC[NH+](Cc2nc(SC(=S)N(C)C)c3c4c(sc3n2)CCC4)CC1. The molecule has 0 unspecified atom stereocenters. The Labute approximate surface area is 169 Å². The number of piperidine rings is 1. The fraction of sp³-hybridized carbons (Fsp3) is 0.632. The van der Waals surface area contributed by atoms with Gasteiger partial charge >= 0.3 is 0 Å². The summed E-state index contributed by atoms with van der Waals surface area (Å²) >= 11 is 9.08. The van der Waals surface area contributed by atoms with Crippen molar-refractivity contribution in [2.75, 3.05) is 27.2 Å². The molecule has 2 aromatic rings. The van der Waals surface area contributed by atoms with Gasteiger partial charge in [-0.3, -0.25) is 0 Å². The molecule has 0 radical (unpaired) electrons. The van der Waals surface area contributed by atoms with Gasteiger partial charge in [-0.1, -0.05) is 19.1 Å². The Hall–Kier alpha value is -0.760. The highest BCUT2D eigenvalue weighted by Crippen LogP contribution is 2.40. The fourth-order valence-electron chi connectivity index (χ4n) is 3.90. The van der Waals surface area contributed by atoms with E-state index in [2.05, 4.69) is 6.92 Å². The highest BCUT2D eigenvalue weighted by Gasteiger charge is 2.25. The molecule has 140 valence electrons. The second-order valence-electron chi connectivity index (χ2n) is 7.85. The summed E-state index contributed by atoms with van der Waals surface area (Å²) in [6.45, 7) is 5.78. The first kappa shape index (κ1) is 18.6. The lowest BCUT2D eigenvalue weighted by atomic mass is 9.99. The number of quaternary nitrogens is 1. The summed E-state index contributed by atoms with van der Waals surface area (Å²) in [7, 11) is 4.01. The van der Waals surface area contributed by atoms with E-state index in [9.17, 15) is 0 Å². The minimum Gasteiger partial charge on any atom is -0.363 e. The maximum Gasteiger partial charge on any atom is 0.186 e. The molecule has 1 aliphatic heterocycles. The standard InChI is InChI=1S/C19H26N4S3/c1-12-7-9-23(10-8-12)11-15-20-17-16(13-5-4-6-14(13)25-17)18(21-15)26-19(24)22(2)3/h12H,4-11H2,1-3H3/p+1. The van der Waals surface area contributed by atoms with Gasteiger partial charge in [-0.15, -0.1) is 11.3 Å². The van der Waals surface area contributed by atoms with Gasteiger partial charge in [-0.05, 0) is 55.3 Å². The third kappa shape index (κ3) is 3.77. The summed E-state index contributed by atoms with van der Waals surface area (Å²) in [5.41, 5.74) is 1.49. The molecule has 1 fully saturated rings. The van der Waals surface area contributed by atoms with Crippen LogP contribution in [-0.4, -0.2) is 46.4 Å². The topological polar surface area (TPSA) is 33.5 Å². The van der Waals surface area contributed by atoms with E-state index < -0.39 is 0 Å². The second-order valence-corrected chi connectivity index (χ2v) is 10.6.